The van der Waals surface area contributed by atoms with Gasteiger partial charge < -0.3 is 0 Å². The first-order valence-corrected chi connectivity index (χ1v) is 2.27. The van der Waals surface area contributed by atoms with Gasteiger partial charge >= 0.3 is 0 Å². The summed E-state index contributed by atoms with van der Waals surface area (Å²) in [5.74, 6) is 5.03. The summed E-state index contributed by atoms with van der Waals surface area (Å²) in [6.45, 7) is 4.13. The molecule has 0 aliphatic carbocycles. The van der Waals surface area contributed by atoms with E-state index in [1.807, 2.05) is 6.92 Å². The lowest BCUT2D eigenvalue weighted by Gasteiger charge is -2.02. The molecule has 0 amide bonds. The Morgan fingerprint density at radius 2 is 2.33 bits per heavy atom. The summed E-state index contributed by atoms with van der Waals surface area (Å²) in [4.78, 5) is 0. The van der Waals surface area contributed by atoms with Crippen LogP contribution in [-0.2, 0) is 0 Å². The highest BCUT2D eigenvalue weighted by atomic mass is 15.2. The van der Waals surface area contributed by atoms with Crippen molar-refractivity contribution in [3.05, 3.63) is 0 Å². The van der Waals surface area contributed by atoms with E-state index in [2.05, 4.69) is 12.3 Å². The zero-order chi connectivity index (χ0) is 4.99. The fourth-order valence-corrected chi connectivity index (χ4v) is 0.118. The highest BCUT2D eigenvalue weighted by Crippen LogP contribution is 1.81. The highest BCUT2D eigenvalue weighted by molar-refractivity contribution is 4.47. The molecule has 0 saturated carbocycles. The average Bonchev–Trinajstić information content (AvgIpc) is 1.65. The van der Waals surface area contributed by atoms with Crippen molar-refractivity contribution in [2.45, 2.75) is 26.3 Å². The van der Waals surface area contributed by atoms with Crippen LogP contribution in [0.5, 0.6) is 0 Å². The molecule has 6 heavy (non-hydrogen) atoms. The summed E-state index contributed by atoms with van der Waals surface area (Å²) in [6, 6.07) is 0.463. The second-order valence-corrected chi connectivity index (χ2v) is 1.48. The maximum Gasteiger partial charge on any atom is 0.0179 e. The molecule has 0 rings (SSSR count). The van der Waals surface area contributed by atoms with Gasteiger partial charge in [-0.05, 0) is 13.3 Å². The molecule has 0 bridgehead atoms. The lowest BCUT2D eigenvalue weighted by molar-refractivity contribution is 0.555. The van der Waals surface area contributed by atoms with Crippen molar-refractivity contribution >= 4 is 0 Å². The van der Waals surface area contributed by atoms with Crippen LogP contribution in [0.25, 0.3) is 0 Å². The van der Waals surface area contributed by atoms with Crippen LogP contribution in [0.15, 0.2) is 0 Å². The van der Waals surface area contributed by atoms with E-state index >= 15 is 0 Å². The molecule has 0 unspecified atom stereocenters. The Labute approximate surface area is 38.7 Å². The first-order chi connectivity index (χ1) is 2.81. The number of nitrogens with two attached hydrogens (primary N) is 1. The fourth-order valence-electron chi connectivity index (χ4n) is 0.118. The monoisotopic (exact) mass is 88.1 g/mol. The molecule has 0 saturated heterocycles. The molecule has 0 heterocycles. The first kappa shape index (κ1) is 5.92. The van der Waals surface area contributed by atoms with Gasteiger partial charge in [-0.25, -0.2) is 0 Å². The summed E-state index contributed by atoms with van der Waals surface area (Å²) in [5.41, 5.74) is 2.61. The molecule has 0 spiro atoms. The molecule has 0 fully saturated rings. The normalized spacial score (nSPS) is 14.5. The van der Waals surface area contributed by atoms with Gasteiger partial charge in [-0.2, -0.15) is 0 Å². The minimum absolute atomic E-state index is 0.463. The molecule has 2 heteroatoms. The summed E-state index contributed by atoms with van der Waals surface area (Å²) in [6.07, 6.45) is 1.09. The lowest BCUT2D eigenvalue weighted by Crippen LogP contribution is -2.31. The summed E-state index contributed by atoms with van der Waals surface area (Å²) in [7, 11) is 0. The van der Waals surface area contributed by atoms with Crippen molar-refractivity contribution < 1.29 is 0 Å². The Morgan fingerprint density at radius 3 is 2.33 bits per heavy atom. The average molecular weight is 88.2 g/mol. The third-order valence-corrected chi connectivity index (χ3v) is 0.897. The molecule has 2 nitrogen and oxygen atoms in total. The molecular weight excluding hydrogens is 76.1 g/mol. The van der Waals surface area contributed by atoms with Gasteiger partial charge in [-0.3, -0.25) is 11.3 Å². The van der Waals surface area contributed by atoms with E-state index in [0.29, 0.717) is 6.04 Å². The Bertz CT molecular complexity index is 24.7. The molecule has 0 aromatic rings. The van der Waals surface area contributed by atoms with Crippen molar-refractivity contribution in [3.63, 3.8) is 0 Å². The molecule has 0 radical (unpaired) electrons. The maximum atomic E-state index is 5.03. The van der Waals surface area contributed by atoms with Crippen molar-refractivity contribution in [2.75, 3.05) is 0 Å². The number of rotatable bonds is 2. The van der Waals surface area contributed by atoms with Gasteiger partial charge in [-0.15, -0.1) is 0 Å². The predicted octanol–water partition coefficient (Wildman–Crippen LogP) is 0.248. The van der Waals surface area contributed by atoms with E-state index in [0.717, 1.165) is 6.42 Å². The third-order valence-electron chi connectivity index (χ3n) is 0.897. The summed E-state index contributed by atoms with van der Waals surface area (Å²) < 4.78 is 0. The molecule has 0 aliphatic rings. The molecule has 3 N–H and O–H groups in total. The van der Waals surface area contributed by atoms with Crippen molar-refractivity contribution in [1.29, 1.82) is 0 Å². The smallest absolute Gasteiger partial charge is 0.0179 e. The van der Waals surface area contributed by atoms with Crippen LogP contribution in [0, 0.1) is 0 Å². The predicted molar refractivity (Wildman–Crippen MR) is 27.1 cm³/mol. The molecule has 0 aliphatic heterocycles. The van der Waals surface area contributed by atoms with Gasteiger partial charge in [0.15, 0.2) is 0 Å². The van der Waals surface area contributed by atoms with Gasteiger partial charge in [0, 0.05) is 6.04 Å². The van der Waals surface area contributed by atoms with E-state index < -0.39 is 0 Å². The number of hydrazine groups is 1. The third kappa shape index (κ3) is 2.18. The Balaban J connectivity index is 2.75. The quantitative estimate of drug-likeness (QED) is 0.375. The molecule has 0 aromatic heterocycles. The molecule has 0 aromatic carbocycles. The first-order valence-electron chi connectivity index (χ1n) is 2.27. The van der Waals surface area contributed by atoms with Crippen LogP contribution < -0.4 is 11.3 Å². The zero-order valence-corrected chi connectivity index (χ0v) is 4.36. The van der Waals surface area contributed by atoms with E-state index in [-0.39, 0.29) is 0 Å². The fraction of sp³-hybridized carbons (Fsp3) is 1.00. The van der Waals surface area contributed by atoms with Crippen LogP contribution >= 0.6 is 0 Å². The summed E-state index contributed by atoms with van der Waals surface area (Å²) in [5, 5.41) is 0. The van der Waals surface area contributed by atoms with Gasteiger partial charge in [0.05, 0.1) is 0 Å². The van der Waals surface area contributed by atoms with E-state index in [1.54, 1.807) is 0 Å². The minimum atomic E-state index is 0.463. The van der Waals surface area contributed by atoms with Gasteiger partial charge in [0.25, 0.3) is 0 Å². The Morgan fingerprint density at radius 1 is 1.83 bits per heavy atom. The molecular formula is C4H12N2. The highest BCUT2D eigenvalue weighted by Gasteiger charge is 1.87. The van der Waals surface area contributed by atoms with Gasteiger partial charge in [0.2, 0.25) is 0 Å². The van der Waals surface area contributed by atoms with Crippen LogP contribution in [0.4, 0.5) is 0 Å². The minimum Gasteiger partial charge on any atom is -0.271 e. The van der Waals surface area contributed by atoms with Gasteiger partial charge in [-0.1, -0.05) is 6.92 Å². The standard InChI is InChI=1S/C4H12N2/c1-3-4(2)6-5/h4,6H,3,5H2,1-2H3/t4-/m0/s1. The SMILES string of the molecule is CC[C@H](C)NN. The second-order valence-electron chi connectivity index (χ2n) is 1.48. The van der Waals surface area contributed by atoms with Crippen LogP contribution in [0.2, 0.25) is 0 Å². The van der Waals surface area contributed by atoms with Crippen molar-refractivity contribution in [3.8, 4) is 0 Å². The Hall–Kier alpha value is -0.0800. The lowest BCUT2D eigenvalue weighted by atomic mass is 10.3. The number of hydrogen-bond acceptors (Lipinski definition) is 2. The zero-order valence-electron chi connectivity index (χ0n) is 4.36. The Kier molecular flexibility index (Phi) is 3.08. The number of nitrogens with one attached hydrogen (secondary N) is 1. The topological polar surface area (TPSA) is 38.0 Å². The van der Waals surface area contributed by atoms with Crippen molar-refractivity contribution in [1.82, 2.24) is 5.43 Å². The van der Waals surface area contributed by atoms with Crippen LogP contribution in [-0.4, -0.2) is 6.04 Å². The maximum absolute atomic E-state index is 5.03. The van der Waals surface area contributed by atoms with E-state index in [4.69, 9.17) is 5.84 Å². The molecule has 1 atom stereocenters. The van der Waals surface area contributed by atoms with Crippen LogP contribution in [0.3, 0.4) is 0 Å². The van der Waals surface area contributed by atoms with E-state index in [1.165, 1.54) is 0 Å². The second kappa shape index (κ2) is 3.12. The van der Waals surface area contributed by atoms with Crippen molar-refractivity contribution in [2.24, 2.45) is 5.84 Å². The summed E-state index contributed by atoms with van der Waals surface area (Å²) >= 11 is 0. The molecule has 38 valence electrons. The van der Waals surface area contributed by atoms with E-state index in [9.17, 15) is 0 Å². The largest absolute Gasteiger partial charge is 0.271 e. The van der Waals surface area contributed by atoms with Crippen LogP contribution in [0.1, 0.15) is 20.3 Å². The number of hydrogen-bond donors (Lipinski definition) is 2. The van der Waals surface area contributed by atoms with Gasteiger partial charge in [0.1, 0.15) is 0 Å².